The molecule has 1 aromatic rings. The van der Waals surface area contributed by atoms with Gasteiger partial charge in [-0.15, -0.1) is 0 Å². The summed E-state index contributed by atoms with van der Waals surface area (Å²) in [6.07, 6.45) is 0. The van der Waals surface area contributed by atoms with Gasteiger partial charge >= 0.3 is 0 Å². The van der Waals surface area contributed by atoms with E-state index in [2.05, 4.69) is 61.1 Å². The van der Waals surface area contributed by atoms with Gasteiger partial charge in [0.15, 0.2) is 0 Å². The van der Waals surface area contributed by atoms with Crippen LogP contribution >= 0.6 is 0 Å². The Labute approximate surface area is 105 Å². The molecule has 3 nitrogen and oxygen atoms in total. The first kappa shape index (κ1) is 14.1. The summed E-state index contributed by atoms with van der Waals surface area (Å²) < 4.78 is 0. The third kappa shape index (κ3) is 4.84. The second-order valence-corrected chi connectivity index (χ2v) is 4.56. The van der Waals surface area contributed by atoms with E-state index in [9.17, 15) is 0 Å². The molecule has 1 N–H and O–H groups in total. The summed E-state index contributed by atoms with van der Waals surface area (Å²) in [7, 11) is 0. The van der Waals surface area contributed by atoms with E-state index < -0.39 is 0 Å². The van der Waals surface area contributed by atoms with Gasteiger partial charge in [0.2, 0.25) is 0 Å². The summed E-state index contributed by atoms with van der Waals surface area (Å²) in [5.74, 6) is 0. The molecule has 0 spiro atoms. The van der Waals surface area contributed by atoms with Crippen LogP contribution in [0, 0.1) is 0 Å². The Bertz CT molecular complexity index is 323. The Kier molecular flexibility index (Phi) is 6.16. The first-order valence-corrected chi connectivity index (χ1v) is 6.57. The van der Waals surface area contributed by atoms with E-state index in [1.807, 2.05) is 0 Å². The van der Waals surface area contributed by atoms with Gasteiger partial charge in [-0.2, -0.15) is 0 Å². The highest BCUT2D eigenvalue weighted by Gasteiger charge is 2.08. The van der Waals surface area contributed by atoms with Crippen LogP contribution in [0.15, 0.2) is 18.2 Å². The van der Waals surface area contributed by atoms with Crippen molar-refractivity contribution in [2.45, 2.75) is 46.8 Å². The van der Waals surface area contributed by atoms with Crippen molar-refractivity contribution >= 4 is 0 Å². The number of nitrogens with one attached hydrogen (secondary N) is 1. The fourth-order valence-corrected chi connectivity index (χ4v) is 1.84. The lowest BCUT2D eigenvalue weighted by molar-refractivity contribution is 0.222. The highest BCUT2D eigenvalue weighted by atomic mass is 15.1. The van der Waals surface area contributed by atoms with Gasteiger partial charge < -0.3 is 5.32 Å². The molecular formula is C14H25N3. The number of aromatic nitrogens is 1. The standard InChI is InChI=1S/C14H25N3/c1-5-15-10-13-8-7-9-14(16-13)11-17(6-2)12(3)4/h7-9,12,15H,5-6,10-11H2,1-4H3. The lowest BCUT2D eigenvalue weighted by atomic mass is 10.2. The third-order valence-electron chi connectivity index (χ3n) is 2.92. The maximum atomic E-state index is 4.68. The van der Waals surface area contributed by atoms with Crippen LogP contribution < -0.4 is 5.32 Å². The number of nitrogens with zero attached hydrogens (tertiary/aromatic N) is 2. The van der Waals surface area contributed by atoms with Crippen LogP contribution in [0.2, 0.25) is 0 Å². The first-order chi connectivity index (χ1) is 8.17. The van der Waals surface area contributed by atoms with E-state index >= 15 is 0 Å². The molecule has 0 saturated heterocycles. The fraction of sp³-hybridized carbons (Fsp3) is 0.643. The van der Waals surface area contributed by atoms with Gasteiger partial charge in [-0.05, 0) is 39.1 Å². The summed E-state index contributed by atoms with van der Waals surface area (Å²) >= 11 is 0. The Balaban J connectivity index is 2.64. The van der Waals surface area contributed by atoms with E-state index in [4.69, 9.17) is 0 Å². The SMILES string of the molecule is CCNCc1cccc(CN(CC)C(C)C)n1. The van der Waals surface area contributed by atoms with Crippen molar-refractivity contribution in [3.63, 3.8) is 0 Å². The van der Waals surface area contributed by atoms with Crippen molar-refractivity contribution in [3.8, 4) is 0 Å². The van der Waals surface area contributed by atoms with Crippen molar-refractivity contribution < 1.29 is 0 Å². The Morgan fingerprint density at radius 1 is 1.24 bits per heavy atom. The van der Waals surface area contributed by atoms with Crippen molar-refractivity contribution in [1.82, 2.24) is 15.2 Å². The average molecular weight is 235 g/mol. The van der Waals surface area contributed by atoms with Crippen LogP contribution in [0.1, 0.15) is 39.1 Å². The molecule has 0 fully saturated rings. The number of hydrogen-bond acceptors (Lipinski definition) is 3. The number of hydrogen-bond donors (Lipinski definition) is 1. The van der Waals surface area contributed by atoms with Crippen LogP contribution in [0.3, 0.4) is 0 Å². The van der Waals surface area contributed by atoms with Crippen molar-refractivity contribution in [2.24, 2.45) is 0 Å². The minimum atomic E-state index is 0.569. The molecule has 0 bridgehead atoms. The van der Waals surface area contributed by atoms with Gasteiger partial charge in [-0.3, -0.25) is 9.88 Å². The molecule has 0 aliphatic carbocycles. The van der Waals surface area contributed by atoms with Crippen LogP contribution in [0.4, 0.5) is 0 Å². The zero-order valence-corrected chi connectivity index (χ0v) is 11.5. The van der Waals surface area contributed by atoms with Gasteiger partial charge in [-0.1, -0.05) is 19.9 Å². The van der Waals surface area contributed by atoms with Gasteiger partial charge in [0.05, 0.1) is 11.4 Å². The van der Waals surface area contributed by atoms with Gasteiger partial charge in [0, 0.05) is 19.1 Å². The summed E-state index contributed by atoms with van der Waals surface area (Å²) in [5.41, 5.74) is 2.29. The van der Waals surface area contributed by atoms with Gasteiger partial charge in [0.1, 0.15) is 0 Å². The van der Waals surface area contributed by atoms with Crippen LogP contribution in [-0.2, 0) is 13.1 Å². The first-order valence-electron chi connectivity index (χ1n) is 6.57. The van der Waals surface area contributed by atoms with Crippen molar-refractivity contribution in [3.05, 3.63) is 29.6 Å². The van der Waals surface area contributed by atoms with E-state index in [1.165, 1.54) is 0 Å². The molecule has 1 rings (SSSR count). The average Bonchev–Trinajstić information content (AvgIpc) is 2.33. The monoisotopic (exact) mass is 235 g/mol. The smallest absolute Gasteiger partial charge is 0.0547 e. The molecule has 0 aromatic carbocycles. The largest absolute Gasteiger partial charge is 0.311 e. The molecule has 0 saturated carbocycles. The third-order valence-corrected chi connectivity index (χ3v) is 2.92. The minimum Gasteiger partial charge on any atom is -0.311 e. The van der Waals surface area contributed by atoms with E-state index in [1.54, 1.807) is 0 Å². The predicted molar refractivity (Wildman–Crippen MR) is 72.8 cm³/mol. The fourth-order valence-electron chi connectivity index (χ4n) is 1.84. The lowest BCUT2D eigenvalue weighted by Crippen LogP contribution is -2.30. The van der Waals surface area contributed by atoms with Crippen molar-refractivity contribution in [2.75, 3.05) is 13.1 Å². The number of rotatable bonds is 7. The molecule has 3 heteroatoms. The van der Waals surface area contributed by atoms with E-state index in [0.29, 0.717) is 6.04 Å². The summed E-state index contributed by atoms with van der Waals surface area (Å²) in [6, 6.07) is 6.86. The van der Waals surface area contributed by atoms with Crippen molar-refractivity contribution in [1.29, 1.82) is 0 Å². The Morgan fingerprint density at radius 3 is 2.53 bits per heavy atom. The topological polar surface area (TPSA) is 28.2 Å². The molecule has 0 amide bonds. The maximum absolute atomic E-state index is 4.68. The lowest BCUT2D eigenvalue weighted by Gasteiger charge is -2.24. The molecule has 0 aliphatic heterocycles. The molecule has 0 atom stereocenters. The number of pyridine rings is 1. The zero-order valence-electron chi connectivity index (χ0n) is 11.5. The molecular weight excluding hydrogens is 210 g/mol. The molecule has 0 unspecified atom stereocenters. The molecule has 0 radical (unpaired) electrons. The van der Waals surface area contributed by atoms with E-state index in [0.717, 1.165) is 37.6 Å². The van der Waals surface area contributed by atoms with Crippen LogP contribution in [0.5, 0.6) is 0 Å². The quantitative estimate of drug-likeness (QED) is 0.786. The van der Waals surface area contributed by atoms with E-state index in [-0.39, 0.29) is 0 Å². The normalized spacial score (nSPS) is 11.4. The summed E-state index contributed by atoms with van der Waals surface area (Å²) in [4.78, 5) is 7.09. The minimum absolute atomic E-state index is 0.569. The Morgan fingerprint density at radius 2 is 1.94 bits per heavy atom. The van der Waals surface area contributed by atoms with Crippen LogP contribution in [0.25, 0.3) is 0 Å². The second kappa shape index (κ2) is 7.41. The molecule has 1 aromatic heterocycles. The Hall–Kier alpha value is -0.930. The summed E-state index contributed by atoms with van der Waals surface area (Å²) in [6.45, 7) is 12.6. The maximum Gasteiger partial charge on any atom is 0.0547 e. The van der Waals surface area contributed by atoms with Crippen LogP contribution in [-0.4, -0.2) is 29.0 Å². The highest BCUT2D eigenvalue weighted by molar-refractivity contribution is 5.11. The zero-order chi connectivity index (χ0) is 12.7. The van der Waals surface area contributed by atoms with Gasteiger partial charge in [-0.25, -0.2) is 0 Å². The summed E-state index contributed by atoms with van der Waals surface area (Å²) in [5, 5.41) is 3.31. The molecule has 17 heavy (non-hydrogen) atoms. The molecule has 1 heterocycles. The predicted octanol–water partition coefficient (Wildman–Crippen LogP) is 2.42. The van der Waals surface area contributed by atoms with Gasteiger partial charge in [0.25, 0.3) is 0 Å². The second-order valence-electron chi connectivity index (χ2n) is 4.56. The highest BCUT2D eigenvalue weighted by Crippen LogP contribution is 2.06. The molecule has 0 aliphatic rings. The molecule has 96 valence electrons.